The van der Waals surface area contributed by atoms with Crippen LogP contribution >= 0.6 is 0 Å². The molecule has 0 spiro atoms. The predicted octanol–water partition coefficient (Wildman–Crippen LogP) is 2.48. The number of rotatable bonds is 3. The first kappa shape index (κ1) is 13.0. The maximum atomic E-state index is 5.55. The molecule has 0 aromatic carbocycles. The minimum atomic E-state index is 0.438. The Balaban J connectivity index is 1.70. The molecule has 0 aliphatic carbocycles. The molecule has 2 aliphatic heterocycles. The Morgan fingerprint density at radius 1 is 1.32 bits per heavy atom. The highest BCUT2D eigenvalue weighted by atomic mass is 16.5. The molecule has 0 bridgehead atoms. The Bertz CT molecular complexity index is 415. The molecule has 1 aromatic heterocycles. The Labute approximate surface area is 115 Å². The molecule has 3 unspecified atom stereocenters. The van der Waals surface area contributed by atoms with Crippen LogP contribution in [0.3, 0.4) is 0 Å². The summed E-state index contributed by atoms with van der Waals surface area (Å²) in [4.78, 5) is 2.41. The molecule has 0 saturated carbocycles. The van der Waals surface area contributed by atoms with Crippen LogP contribution in [-0.4, -0.2) is 31.3 Å². The molecule has 4 heteroatoms. The third-order valence-electron chi connectivity index (χ3n) is 4.96. The minimum Gasteiger partial charge on any atom is -0.359 e. The van der Waals surface area contributed by atoms with Gasteiger partial charge in [-0.15, -0.1) is 0 Å². The van der Waals surface area contributed by atoms with Crippen molar-refractivity contribution in [2.24, 2.45) is 17.8 Å². The summed E-state index contributed by atoms with van der Waals surface area (Å²) in [7, 11) is 0. The lowest BCUT2D eigenvalue weighted by Crippen LogP contribution is -2.35. The fourth-order valence-electron chi connectivity index (χ4n) is 3.23. The molecular weight excluding hydrogens is 238 g/mol. The highest BCUT2D eigenvalue weighted by molar-refractivity contribution is 5.40. The fourth-order valence-corrected chi connectivity index (χ4v) is 3.23. The summed E-state index contributed by atoms with van der Waals surface area (Å²) in [5.41, 5.74) is 0. The lowest BCUT2D eigenvalue weighted by Gasteiger charge is -2.23. The van der Waals surface area contributed by atoms with Crippen LogP contribution in [0.2, 0.25) is 0 Å². The van der Waals surface area contributed by atoms with E-state index in [0.29, 0.717) is 11.8 Å². The van der Waals surface area contributed by atoms with Gasteiger partial charge in [-0.2, -0.15) is 0 Å². The number of hydrogen-bond donors (Lipinski definition) is 1. The monoisotopic (exact) mass is 263 g/mol. The molecule has 3 heterocycles. The molecule has 19 heavy (non-hydrogen) atoms. The molecule has 2 saturated heterocycles. The highest BCUT2D eigenvalue weighted by Gasteiger charge is 2.35. The van der Waals surface area contributed by atoms with Crippen molar-refractivity contribution in [2.75, 3.05) is 31.1 Å². The standard InChI is InChI=1S/C15H25N3O/c1-10(2)11(3)14-6-15(17-19-14)18-8-12-4-5-16-7-13(12)9-18/h6,10-13,16H,4-5,7-9H2,1-3H3. The van der Waals surface area contributed by atoms with E-state index in [-0.39, 0.29) is 0 Å². The molecule has 2 aliphatic rings. The summed E-state index contributed by atoms with van der Waals surface area (Å²) < 4.78 is 5.55. The molecular formula is C15H25N3O. The molecule has 0 amide bonds. The number of anilines is 1. The molecule has 4 nitrogen and oxygen atoms in total. The van der Waals surface area contributed by atoms with E-state index >= 15 is 0 Å². The van der Waals surface area contributed by atoms with Crippen LogP contribution in [0.25, 0.3) is 0 Å². The summed E-state index contributed by atoms with van der Waals surface area (Å²) >= 11 is 0. The molecule has 0 radical (unpaired) electrons. The van der Waals surface area contributed by atoms with E-state index in [9.17, 15) is 0 Å². The van der Waals surface area contributed by atoms with E-state index < -0.39 is 0 Å². The van der Waals surface area contributed by atoms with Crippen molar-refractivity contribution in [3.63, 3.8) is 0 Å². The number of nitrogens with one attached hydrogen (secondary N) is 1. The first-order valence-corrected chi connectivity index (χ1v) is 7.57. The SMILES string of the molecule is CC(C)C(C)c1cc(N2CC3CCNCC3C2)no1. The number of nitrogens with zero attached hydrogens (tertiary/aromatic N) is 2. The maximum Gasteiger partial charge on any atom is 0.172 e. The van der Waals surface area contributed by atoms with Gasteiger partial charge in [0, 0.05) is 25.1 Å². The zero-order valence-corrected chi connectivity index (χ0v) is 12.2. The van der Waals surface area contributed by atoms with Gasteiger partial charge in [0.05, 0.1) is 0 Å². The van der Waals surface area contributed by atoms with Gasteiger partial charge in [-0.05, 0) is 37.3 Å². The first-order chi connectivity index (χ1) is 9.15. The predicted molar refractivity (Wildman–Crippen MR) is 76.4 cm³/mol. The molecule has 2 fully saturated rings. The van der Waals surface area contributed by atoms with Gasteiger partial charge in [0.2, 0.25) is 0 Å². The van der Waals surface area contributed by atoms with E-state index in [4.69, 9.17) is 4.52 Å². The van der Waals surface area contributed by atoms with Crippen LogP contribution in [0.15, 0.2) is 10.6 Å². The molecule has 106 valence electrons. The minimum absolute atomic E-state index is 0.438. The summed E-state index contributed by atoms with van der Waals surface area (Å²) in [6.07, 6.45) is 1.30. The van der Waals surface area contributed by atoms with Gasteiger partial charge < -0.3 is 14.7 Å². The van der Waals surface area contributed by atoms with Gasteiger partial charge in [0.15, 0.2) is 5.82 Å². The van der Waals surface area contributed by atoms with Crippen LogP contribution < -0.4 is 10.2 Å². The van der Waals surface area contributed by atoms with Crippen LogP contribution in [0.1, 0.15) is 38.9 Å². The van der Waals surface area contributed by atoms with E-state index in [2.05, 4.69) is 42.2 Å². The summed E-state index contributed by atoms with van der Waals surface area (Å²) in [5.74, 6) is 4.72. The second-order valence-electron chi connectivity index (χ2n) is 6.54. The van der Waals surface area contributed by atoms with Gasteiger partial charge in [0.25, 0.3) is 0 Å². The number of piperidine rings is 1. The van der Waals surface area contributed by atoms with E-state index in [1.54, 1.807) is 0 Å². The number of fused-ring (bicyclic) bond motifs is 1. The lowest BCUT2D eigenvalue weighted by atomic mass is 9.90. The Hall–Kier alpha value is -1.03. The highest BCUT2D eigenvalue weighted by Crippen LogP contribution is 2.33. The lowest BCUT2D eigenvalue weighted by molar-refractivity contribution is 0.318. The van der Waals surface area contributed by atoms with Crippen molar-refractivity contribution >= 4 is 5.82 Å². The smallest absolute Gasteiger partial charge is 0.172 e. The third-order valence-corrected chi connectivity index (χ3v) is 4.96. The van der Waals surface area contributed by atoms with Gasteiger partial charge >= 0.3 is 0 Å². The molecule has 3 rings (SSSR count). The van der Waals surface area contributed by atoms with Gasteiger partial charge in [-0.25, -0.2) is 0 Å². The van der Waals surface area contributed by atoms with Crippen LogP contribution in [0.4, 0.5) is 5.82 Å². The van der Waals surface area contributed by atoms with Crippen LogP contribution in [0, 0.1) is 17.8 Å². The zero-order chi connectivity index (χ0) is 13.4. The van der Waals surface area contributed by atoms with Gasteiger partial charge in [0.1, 0.15) is 5.76 Å². The first-order valence-electron chi connectivity index (χ1n) is 7.57. The van der Waals surface area contributed by atoms with E-state index in [1.807, 2.05) is 0 Å². The molecule has 3 atom stereocenters. The largest absolute Gasteiger partial charge is 0.359 e. The van der Waals surface area contributed by atoms with Crippen molar-refractivity contribution in [1.29, 1.82) is 0 Å². The second-order valence-corrected chi connectivity index (χ2v) is 6.54. The van der Waals surface area contributed by atoms with Crippen LogP contribution in [0.5, 0.6) is 0 Å². The zero-order valence-electron chi connectivity index (χ0n) is 12.2. The number of hydrogen-bond acceptors (Lipinski definition) is 4. The fraction of sp³-hybridized carbons (Fsp3) is 0.800. The average molecular weight is 263 g/mol. The second kappa shape index (κ2) is 5.16. The Kier molecular flexibility index (Phi) is 3.52. The maximum absolute atomic E-state index is 5.55. The summed E-state index contributed by atoms with van der Waals surface area (Å²) in [6.45, 7) is 11.3. The van der Waals surface area contributed by atoms with Gasteiger partial charge in [-0.3, -0.25) is 0 Å². The van der Waals surface area contributed by atoms with Crippen molar-refractivity contribution in [1.82, 2.24) is 10.5 Å². The van der Waals surface area contributed by atoms with Crippen molar-refractivity contribution in [2.45, 2.75) is 33.1 Å². The molecule has 1 aromatic rings. The summed E-state index contributed by atoms with van der Waals surface area (Å²) in [5, 5.41) is 7.79. The third kappa shape index (κ3) is 2.50. The van der Waals surface area contributed by atoms with Gasteiger partial charge in [-0.1, -0.05) is 25.9 Å². The Morgan fingerprint density at radius 2 is 2.11 bits per heavy atom. The molecule has 1 N–H and O–H groups in total. The summed E-state index contributed by atoms with van der Waals surface area (Å²) in [6, 6.07) is 2.15. The average Bonchev–Trinajstić information content (AvgIpc) is 3.03. The van der Waals surface area contributed by atoms with Crippen molar-refractivity contribution in [3.8, 4) is 0 Å². The van der Waals surface area contributed by atoms with Crippen molar-refractivity contribution < 1.29 is 4.52 Å². The topological polar surface area (TPSA) is 41.3 Å². The van der Waals surface area contributed by atoms with E-state index in [0.717, 1.165) is 43.0 Å². The van der Waals surface area contributed by atoms with Crippen molar-refractivity contribution in [3.05, 3.63) is 11.8 Å². The van der Waals surface area contributed by atoms with Crippen LogP contribution in [-0.2, 0) is 0 Å². The normalized spacial score (nSPS) is 28.7. The quantitative estimate of drug-likeness (QED) is 0.909. The Morgan fingerprint density at radius 3 is 2.84 bits per heavy atom. The van der Waals surface area contributed by atoms with E-state index in [1.165, 1.54) is 13.0 Å². The number of aromatic nitrogens is 1.